The Kier molecular flexibility index (Phi) is 4.95. The lowest BCUT2D eigenvalue weighted by atomic mass is 9.90. The fourth-order valence-corrected chi connectivity index (χ4v) is 3.57. The first-order chi connectivity index (χ1) is 11.9. The van der Waals surface area contributed by atoms with E-state index in [1.54, 1.807) is 17.0 Å². The van der Waals surface area contributed by atoms with E-state index in [0.717, 1.165) is 18.4 Å². The van der Waals surface area contributed by atoms with Crippen LogP contribution in [0.2, 0.25) is 5.02 Å². The molecule has 3 nitrogen and oxygen atoms in total. The number of carbonyl (C=O) groups is 1. The molecular formula is C19H19ClF2N2O. The number of benzene rings is 2. The van der Waals surface area contributed by atoms with Gasteiger partial charge in [0.15, 0.2) is 0 Å². The maximum absolute atomic E-state index is 13.4. The lowest BCUT2D eigenvalue weighted by Crippen LogP contribution is -2.48. The molecule has 1 aliphatic heterocycles. The lowest BCUT2D eigenvalue weighted by molar-refractivity contribution is 0.168. The van der Waals surface area contributed by atoms with Gasteiger partial charge < -0.3 is 10.2 Å². The summed E-state index contributed by atoms with van der Waals surface area (Å²) >= 11 is 5.87. The van der Waals surface area contributed by atoms with Gasteiger partial charge in [-0.15, -0.1) is 0 Å². The molecule has 1 unspecified atom stereocenters. The topological polar surface area (TPSA) is 32.3 Å². The number of nitrogens with zero attached hydrogens (tertiary/aromatic N) is 1. The molecule has 25 heavy (non-hydrogen) atoms. The van der Waals surface area contributed by atoms with Crippen LogP contribution in [0.1, 0.15) is 25.3 Å². The molecule has 1 fully saturated rings. The number of hydrogen-bond acceptors (Lipinski definition) is 1. The fourth-order valence-electron chi connectivity index (χ4n) is 3.37. The number of anilines is 1. The molecular weight excluding hydrogens is 346 g/mol. The van der Waals surface area contributed by atoms with E-state index in [9.17, 15) is 13.6 Å². The average molecular weight is 365 g/mol. The van der Waals surface area contributed by atoms with E-state index in [0.29, 0.717) is 18.7 Å². The van der Waals surface area contributed by atoms with Crippen LogP contribution in [0.15, 0.2) is 42.5 Å². The molecule has 0 aliphatic carbocycles. The summed E-state index contributed by atoms with van der Waals surface area (Å²) in [6.07, 6.45) is 2.32. The summed E-state index contributed by atoms with van der Waals surface area (Å²) in [5.74, 6) is -0.801. The number of hydrogen-bond donors (Lipinski definition) is 1. The molecule has 2 aromatic rings. The minimum Gasteiger partial charge on any atom is -0.319 e. The zero-order valence-corrected chi connectivity index (χ0v) is 14.6. The van der Waals surface area contributed by atoms with Gasteiger partial charge in [0.2, 0.25) is 0 Å². The van der Waals surface area contributed by atoms with Crippen molar-refractivity contribution in [2.45, 2.75) is 31.7 Å². The van der Waals surface area contributed by atoms with E-state index < -0.39 is 5.82 Å². The summed E-state index contributed by atoms with van der Waals surface area (Å²) in [6.45, 7) is 2.65. The number of urea groups is 1. The van der Waals surface area contributed by atoms with Gasteiger partial charge in [0.25, 0.3) is 0 Å². The molecule has 0 radical (unpaired) electrons. The third-order valence-corrected chi connectivity index (χ3v) is 4.95. The predicted octanol–water partition coefficient (Wildman–Crippen LogP) is 5.25. The van der Waals surface area contributed by atoms with Crippen molar-refractivity contribution >= 4 is 23.3 Å². The van der Waals surface area contributed by atoms with Crippen LogP contribution in [0, 0.1) is 11.6 Å². The van der Waals surface area contributed by atoms with E-state index in [2.05, 4.69) is 5.32 Å². The Hall–Kier alpha value is -2.14. The quantitative estimate of drug-likeness (QED) is 0.792. The molecule has 0 spiro atoms. The standard InChI is InChI=1S/C19H19ClF2N2O/c1-19(12-13-3-8-17(22)16(20)11-13)9-2-10-24(19)18(25)23-15-6-4-14(21)5-7-15/h3-8,11H,2,9-10,12H2,1H3,(H,23,25). The molecule has 3 rings (SSSR count). The van der Waals surface area contributed by atoms with Crippen molar-refractivity contribution in [3.63, 3.8) is 0 Å². The highest BCUT2D eigenvalue weighted by Crippen LogP contribution is 2.33. The average Bonchev–Trinajstić information content (AvgIpc) is 2.94. The number of nitrogens with one attached hydrogen (secondary N) is 1. The molecule has 2 aromatic carbocycles. The Morgan fingerprint density at radius 1 is 1.24 bits per heavy atom. The van der Waals surface area contributed by atoms with Gasteiger partial charge in [0.1, 0.15) is 11.6 Å². The Labute approximate surface area is 150 Å². The Bertz CT molecular complexity index is 781. The van der Waals surface area contributed by atoms with Crippen molar-refractivity contribution < 1.29 is 13.6 Å². The molecule has 1 heterocycles. The van der Waals surface area contributed by atoms with Crippen molar-refractivity contribution in [2.24, 2.45) is 0 Å². The van der Waals surface area contributed by atoms with Gasteiger partial charge in [-0.2, -0.15) is 0 Å². The molecule has 0 bridgehead atoms. The third kappa shape index (κ3) is 3.93. The van der Waals surface area contributed by atoms with Crippen molar-refractivity contribution in [1.29, 1.82) is 0 Å². The van der Waals surface area contributed by atoms with Gasteiger partial charge in [0, 0.05) is 17.8 Å². The highest BCUT2D eigenvalue weighted by Gasteiger charge is 2.39. The molecule has 2 amide bonds. The number of likely N-dealkylation sites (tertiary alicyclic amines) is 1. The van der Waals surface area contributed by atoms with E-state index in [1.807, 2.05) is 6.92 Å². The van der Waals surface area contributed by atoms with Crippen molar-refractivity contribution in [3.05, 3.63) is 64.7 Å². The summed E-state index contributed by atoms with van der Waals surface area (Å²) in [7, 11) is 0. The summed E-state index contributed by atoms with van der Waals surface area (Å²) in [6, 6.07) is 10.1. The summed E-state index contributed by atoms with van der Waals surface area (Å²) in [5.41, 5.74) is 1.05. The molecule has 0 saturated carbocycles. The highest BCUT2D eigenvalue weighted by molar-refractivity contribution is 6.30. The first kappa shape index (κ1) is 17.7. The van der Waals surface area contributed by atoms with Crippen LogP contribution in [-0.4, -0.2) is 23.0 Å². The van der Waals surface area contributed by atoms with Gasteiger partial charge in [-0.05, 0) is 68.1 Å². The largest absolute Gasteiger partial charge is 0.322 e. The molecule has 1 N–H and O–H groups in total. The Morgan fingerprint density at radius 3 is 2.64 bits per heavy atom. The number of amides is 2. The Balaban J connectivity index is 1.74. The van der Waals surface area contributed by atoms with E-state index in [-0.39, 0.29) is 22.4 Å². The van der Waals surface area contributed by atoms with E-state index >= 15 is 0 Å². The summed E-state index contributed by atoms with van der Waals surface area (Å²) in [5, 5.41) is 2.89. The van der Waals surface area contributed by atoms with Crippen molar-refractivity contribution in [2.75, 3.05) is 11.9 Å². The predicted molar refractivity (Wildman–Crippen MR) is 94.9 cm³/mol. The van der Waals surface area contributed by atoms with Gasteiger partial charge in [0.05, 0.1) is 5.02 Å². The minimum absolute atomic E-state index is 0.0846. The lowest BCUT2D eigenvalue weighted by Gasteiger charge is -2.35. The maximum atomic E-state index is 13.4. The van der Waals surface area contributed by atoms with Crippen LogP contribution in [0.5, 0.6) is 0 Å². The van der Waals surface area contributed by atoms with Crippen LogP contribution in [0.25, 0.3) is 0 Å². The van der Waals surface area contributed by atoms with Crippen LogP contribution in [0.3, 0.4) is 0 Å². The zero-order valence-electron chi connectivity index (χ0n) is 13.9. The summed E-state index contributed by atoms with van der Waals surface area (Å²) in [4.78, 5) is 14.4. The third-order valence-electron chi connectivity index (χ3n) is 4.66. The molecule has 1 aliphatic rings. The smallest absolute Gasteiger partial charge is 0.319 e. The fraction of sp³-hybridized carbons (Fsp3) is 0.316. The van der Waals surface area contributed by atoms with Crippen LogP contribution < -0.4 is 5.32 Å². The van der Waals surface area contributed by atoms with E-state index in [1.165, 1.54) is 30.3 Å². The zero-order chi connectivity index (χ0) is 18.0. The van der Waals surface area contributed by atoms with Crippen molar-refractivity contribution in [1.82, 2.24) is 4.90 Å². The Morgan fingerprint density at radius 2 is 1.96 bits per heavy atom. The molecule has 1 atom stereocenters. The van der Waals surface area contributed by atoms with Gasteiger partial charge in [-0.25, -0.2) is 13.6 Å². The monoisotopic (exact) mass is 364 g/mol. The second kappa shape index (κ2) is 7.00. The number of halogens is 3. The van der Waals surface area contributed by atoms with Gasteiger partial charge in [-0.1, -0.05) is 17.7 Å². The second-order valence-corrected chi connectivity index (χ2v) is 7.02. The van der Waals surface area contributed by atoms with E-state index in [4.69, 9.17) is 11.6 Å². The first-order valence-corrected chi connectivity index (χ1v) is 8.53. The first-order valence-electron chi connectivity index (χ1n) is 8.15. The number of carbonyl (C=O) groups excluding carboxylic acids is 1. The molecule has 132 valence electrons. The SMILES string of the molecule is CC1(Cc2ccc(F)c(Cl)c2)CCCN1C(=O)Nc1ccc(F)cc1. The van der Waals surface area contributed by atoms with Gasteiger partial charge >= 0.3 is 6.03 Å². The second-order valence-electron chi connectivity index (χ2n) is 6.61. The maximum Gasteiger partial charge on any atom is 0.322 e. The molecule has 6 heteroatoms. The molecule has 0 aromatic heterocycles. The normalized spacial score (nSPS) is 19.9. The molecule has 1 saturated heterocycles. The highest BCUT2D eigenvalue weighted by atomic mass is 35.5. The van der Waals surface area contributed by atoms with Crippen molar-refractivity contribution in [3.8, 4) is 0 Å². The van der Waals surface area contributed by atoms with Gasteiger partial charge in [-0.3, -0.25) is 0 Å². The van der Waals surface area contributed by atoms with Crippen LogP contribution in [-0.2, 0) is 6.42 Å². The minimum atomic E-state index is -0.451. The number of rotatable bonds is 3. The van der Waals surface area contributed by atoms with Crippen LogP contribution >= 0.6 is 11.6 Å². The van der Waals surface area contributed by atoms with Crippen LogP contribution in [0.4, 0.5) is 19.3 Å². The summed E-state index contributed by atoms with van der Waals surface area (Å²) < 4.78 is 26.3.